The molecule has 4 aromatic rings. The molecule has 1 saturated heterocycles. The Morgan fingerprint density at radius 3 is 2.42 bits per heavy atom. The number of pyridine rings is 1. The lowest BCUT2D eigenvalue weighted by Crippen LogP contribution is -2.30. The van der Waals surface area contributed by atoms with E-state index in [1.807, 2.05) is 48.7 Å². The quantitative estimate of drug-likeness (QED) is 0.328. The molecular formula is C29H30N4O2S. The first-order valence-corrected chi connectivity index (χ1v) is 12.4. The Bertz CT molecular complexity index is 1370. The number of nitrogens with zero attached hydrogens (tertiary/aromatic N) is 3. The van der Waals surface area contributed by atoms with E-state index in [-0.39, 0.29) is 12.1 Å². The molecule has 2 aromatic heterocycles. The van der Waals surface area contributed by atoms with Crippen molar-refractivity contribution in [2.75, 3.05) is 19.1 Å². The Labute approximate surface area is 217 Å². The molecule has 3 heterocycles. The van der Waals surface area contributed by atoms with Crippen LogP contribution in [0.15, 0.2) is 79.0 Å². The van der Waals surface area contributed by atoms with Crippen LogP contribution < -0.4 is 19.7 Å². The molecular weight excluding hydrogens is 468 g/mol. The second-order valence-corrected chi connectivity index (χ2v) is 9.32. The van der Waals surface area contributed by atoms with Gasteiger partial charge in [-0.15, -0.1) is 0 Å². The van der Waals surface area contributed by atoms with Crippen LogP contribution in [-0.2, 0) is 6.54 Å². The second kappa shape index (κ2) is 10.0. The molecule has 2 unspecified atom stereocenters. The van der Waals surface area contributed by atoms with Crippen molar-refractivity contribution < 1.29 is 9.47 Å². The minimum absolute atomic E-state index is 0.135. The number of anilines is 1. The van der Waals surface area contributed by atoms with Crippen LogP contribution in [0.2, 0.25) is 0 Å². The summed E-state index contributed by atoms with van der Waals surface area (Å²) in [5.41, 5.74) is 6.63. The zero-order valence-corrected chi connectivity index (χ0v) is 21.8. The normalized spacial score (nSPS) is 17.2. The molecule has 6 nitrogen and oxygen atoms in total. The highest BCUT2D eigenvalue weighted by Crippen LogP contribution is 2.46. The van der Waals surface area contributed by atoms with E-state index in [1.54, 1.807) is 14.2 Å². The largest absolute Gasteiger partial charge is 0.497 e. The Kier molecular flexibility index (Phi) is 6.65. The lowest BCUT2D eigenvalue weighted by molar-refractivity contribution is 0.403. The molecule has 2 atom stereocenters. The number of nitrogens with one attached hydrogen (secondary N) is 1. The van der Waals surface area contributed by atoms with E-state index in [0.717, 1.165) is 29.4 Å². The first-order chi connectivity index (χ1) is 17.5. The van der Waals surface area contributed by atoms with Crippen molar-refractivity contribution in [2.24, 2.45) is 0 Å². The molecule has 1 aliphatic heterocycles. The monoisotopic (exact) mass is 498 g/mol. The van der Waals surface area contributed by atoms with Gasteiger partial charge in [0.2, 0.25) is 0 Å². The fourth-order valence-electron chi connectivity index (χ4n) is 5.05. The zero-order valence-electron chi connectivity index (χ0n) is 20.9. The Hall–Kier alpha value is -3.84. The lowest BCUT2D eigenvalue weighted by atomic mass is 9.96. The molecule has 0 aliphatic carbocycles. The van der Waals surface area contributed by atoms with Crippen molar-refractivity contribution >= 4 is 23.0 Å². The fourth-order valence-corrected chi connectivity index (χ4v) is 5.39. The predicted molar refractivity (Wildman–Crippen MR) is 147 cm³/mol. The van der Waals surface area contributed by atoms with Crippen LogP contribution in [0.4, 0.5) is 5.69 Å². The van der Waals surface area contributed by atoms with Gasteiger partial charge in [-0.1, -0.05) is 36.4 Å². The average molecular weight is 499 g/mol. The smallest absolute Gasteiger partial charge is 0.174 e. The molecule has 1 N–H and O–H groups in total. The SMILES string of the molecule is COc1ccc(OC)c(N2C(=S)NC(c3ccccn3)C2c2cc(C)n(Cc3ccccc3)c2C)c1. The number of aryl methyl sites for hydroxylation is 1. The maximum atomic E-state index is 5.94. The van der Waals surface area contributed by atoms with E-state index in [2.05, 4.69) is 59.0 Å². The van der Waals surface area contributed by atoms with Crippen molar-refractivity contribution in [3.8, 4) is 11.5 Å². The highest BCUT2D eigenvalue weighted by molar-refractivity contribution is 7.80. The van der Waals surface area contributed by atoms with E-state index in [4.69, 9.17) is 26.7 Å². The molecule has 36 heavy (non-hydrogen) atoms. The number of hydrogen-bond donors (Lipinski definition) is 1. The predicted octanol–water partition coefficient (Wildman–Crippen LogP) is 5.74. The molecule has 0 amide bonds. The molecule has 2 aromatic carbocycles. The summed E-state index contributed by atoms with van der Waals surface area (Å²) in [7, 11) is 3.34. The van der Waals surface area contributed by atoms with E-state index in [9.17, 15) is 0 Å². The number of rotatable bonds is 7. The highest BCUT2D eigenvalue weighted by Gasteiger charge is 2.43. The van der Waals surface area contributed by atoms with Gasteiger partial charge in [0.15, 0.2) is 5.11 Å². The zero-order chi connectivity index (χ0) is 25.2. The summed E-state index contributed by atoms with van der Waals surface area (Å²) in [6.45, 7) is 5.15. The summed E-state index contributed by atoms with van der Waals surface area (Å²) in [6.07, 6.45) is 1.82. The minimum atomic E-state index is -0.139. The van der Waals surface area contributed by atoms with Gasteiger partial charge in [-0.25, -0.2) is 0 Å². The van der Waals surface area contributed by atoms with Gasteiger partial charge in [0.1, 0.15) is 11.5 Å². The first-order valence-electron chi connectivity index (χ1n) is 11.9. The third kappa shape index (κ3) is 4.31. The van der Waals surface area contributed by atoms with Gasteiger partial charge in [0.25, 0.3) is 0 Å². The number of benzene rings is 2. The molecule has 0 saturated carbocycles. The van der Waals surface area contributed by atoms with Crippen LogP contribution in [0.1, 0.15) is 40.3 Å². The van der Waals surface area contributed by atoms with Crippen LogP contribution in [0.3, 0.4) is 0 Å². The van der Waals surface area contributed by atoms with Crippen LogP contribution in [0.5, 0.6) is 11.5 Å². The Morgan fingerprint density at radius 1 is 0.944 bits per heavy atom. The molecule has 0 bridgehead atoms. The summed E-state index contributed by atoms with van der Waals surface area (Å²) >= 11 is 5.94. The van der Waals surface area contributed by atoms with Crippen LogP contribution in [0.25, 0.3) is 0 Å². The van der Waals surface area contributed by atoms with E-state index >= 15 is 0 Å². The summed E-state index contributed by atoms with van der Waals surface area (Å²) in [4.78, 5) is 6.83. The third-order valence-corrected chi connectivity index (χ3v) is 7.17. The van der Waals surface area contributed by atoms with Gasteiger partial charge in [0.05, 0.1) is 37.7 Å². The number of aromatic nitrogens is 2. The second-order valence-electron chi connectivity index (χ2n) is 8.93. The molecule has 1 aliphatic rings. The maximum absolute atomic E-state index is 5.94. The van der Waals surface area contributed by atoms with Crippen LogP contribution >= 0.6 is 12.2 Å². The molecule has 5 rings (SSSR count). The van der Waals surface area contributed by atoms with E-state index < -0.39 is 0 Å². The summed E-state index contributed by atoms with van der Waals surface area (Å²) in [6, 6.07) is 24.3. The van der Waals surface area contributed by atoms with Crippen molar-refractivity contribution in [1.29, 1.82) is 0 Å². The number of thiocarbonyl (C=S) groups is 1. The number of hydrogen-bond acceptors (Lipinski definition) is 4. The van der Waals surface area contributed by atoms with Gasteiger partial charge in [-0.2, -0.15) is 0 Å². The standard InChI is InChI=1S/C29H30N4O2S/c1-19-16-23(20(2)32(19)18-21-10-6-5-7-11-21)28-27(24-12-8-9-15-30-24)31-29(36)33(28)25-17-22(34-3)13-14-26(25)35-4/h5-17,27-28H,18H2,1-4H3,(H,31,36). The molecule has 0 spiro atoms. The summed E-state index contributed by atoms with van der Waals surface area (Å²) < 4.78 is 13.7. The summed E-state index contributed by atoms with van der Waals surface area (Å²) in [5, 5.41) is 4.17. The topological polar surface area (TPSA) is 51.6 Å². The van der Waals surface area contributed by atoms with E-state index in [0.29, 0.717) is 5.11 Å². The van der Waals surface area contributed by atoms with Gasteiger partial charge in [-0.05, 0) is 67.5 Å². The van der Waals surface area contributed by atoms with Crippen LogP contribution in [0, 0.1) is 13.8 Å². The maximum Gasteiger partial charge on any atom is 0.174 e. The minimum Gasteiger partial charge on any atom is -0.497 e. The lowest BCUT2D eigenvalue weighted by Gasteiger charge is -2.29. The molecule has 7 heteroatoms. The van der Waals surface area contributed by atoms with E-state index in [1.165, 1.54) is 22.5 Å². The van der Waals surface area contributed by atoms with Gasteiger partial charge in [-0.3, -0.25) is 4.98 Å². The molecule has 1 fully saturated rings. The first kappa shape index (κ1) is 23.9. The van der Waals surface area contributed by atoms with Gasteiger partial charge < -0.3 is 24.3 Å². The van der Waals surface area contributed by atoms with Gasteiger partial charge >= 0.3 is 0 Å². The van der Waals surface area contributed by atoms with Gasteiger partial charge in [0, 0.05) is 30.2 Å². The molecule has 184 valence electrons. The summed E-state index contributed by atoms with van der Waals surface area (Å²) in [5.74, 6) is 1.47. The van der Waals surface area contributed by atoms with Crippen molar-refractivity contribution in [3.63, 3.8) is 0 Å². The highest BCUT2D eigenvalue weighted by atomic mass is 32.1. The Morgan fingerprint density at radius 2 is 1.72 bits per heavy atom. The van der Waals surface area contributed by atoms with Crippen molar-refractivity contribution in [1.82, 2.24) is 14.9 Å². The van der Waals surface area contributed by atoms with Crippen molar-refractivity contribution in [2.45, 2.75) is 32.5 Å². The van der Waals surface area contributed by atoms with Crippen molar-refractivity contribution in [3.05, 3.63) is 107 Å². The fraction of sp³-hybridized carbons (Fsp3) is 0.241. The third-order valence-electron chi connectivity index (χ3n) is 6.86. The Balaban J connectivity index is 1.66. The van der Waals surface area contributed by atoms with Crippen LogP contribution in [-0.4, -0.2) is 28.9 Å². The number of methoxy groups -OCH3 is 2. The average Bonchev–Trinajstić information content (AvgIpc) is 3.40. The molecule has 0 radical (unpaired) electrons. The number of ether oxygens (including phenoxy) is 2.